The number of rotatable bonds is 7. The number of benzene rings is 1. The van der Waals surface area contributed by atoms with Crippen LogP contribution in [0.3, 0.4) is 0 Å². The third-order valence-corrected chi connectivity index (χ3v) is 6.23. The van der Waals surface area contributed by atoms with E-state index in [1.54, 1.807) is 0 Å². The Bertz CT molecular complexity index is 851. The summed E-state index contributed by atoms with van der Waals surface area (Å²) in [6.45, 7) is 3.12. The molecule has 0 aliphatic carbocycles. The van der Waals surface area contributed by atoms with Crippen LogP contribution in [-0.2, 0) is 19.4 Å². The van der Waals surface area contributed by atoms with Gasteiger partial charge >= 0.3 is 5.97 Å². The predicted molar refractivity (Wildman–Crippen MR) is 97.2 cm³/mol. The number of hydrogen-bond donors (Lipinski definition) is 0. The summed E-state index contributed by atoms with van der Waals surface area (Å²) in [5, 5.41) is 11.0. The van der Waals surface area contributed by atoms with Crippen molar-refractivity contribution in [3.05, 3.63) is 39.4 Å². The lowest BCUT2D eigenvalue weighted by Crippen LogP contribution is -2.43. The molecule has 0 aromatic heterocycles. The van der Waals surface area contributed by atoms with Gasteiger partial charge in [0.25, 0.3) is 11.6 Å². The van der Waals surface area contributed by atoms with Crippen molar-refractivity contribution in [2.75, 3.05) is 24.7 Å². The smallest absolute Gasteiger partial charge is 0.339 e. The molecule has 148 valence electrons. The molecule has 10 heteroatoms. The second kappa shape index (κ2) is 8.47. The van der Waals surface area contributed by atoms with Crippen molar-refractivity contribution in [1.82, 2.24) is 4.90 Å². The molecule has 0 bridgehead atoms. The molecule has 1 fully saturated rings. The fourth-order valence-electron chi connectivity index (χ4n) is 3.10. The molecule has 1 saturated heterocycles. The molecular formula is C17H22N2O7S. The topological polar surface area (TPSA) is 124 Å². The number of hydrogen-bond acceptors (Lipinski definition) is 7. The standard InChI is InChI=1S/C17H22N2O7S/c1-3-8-18(13-7-9-27(24,25)11-13)16(20)10-26-17(21)14-5-4-6-15(12(14)2)19(22)23/h4-6,13H,3,7-11H2,1-2H3/t13-/m0/s1. The Morgan fingerprint density at radius 2 is 2.07 bits per heavy atom. The second-order valence-electron chi connectivity index (χ2n) is 6.43. The van der Waals surface area contributed by atoms with Crippen molar-refractivity contribution in [3.63, 3.8) is 0 Å². The van der Waals surface area contributed by atoms with Crippen LogP contribution in [0.2, 0.25) is 0 Å². The number of ether oxygens (including phenoxy) is 1. The molecule has 1 aliphatic heterocycles. The van der Waals surface area contributed by atoms with Gasteiger partial charge in [-0.25, -0.2) is 13.2 Å². The van der Waals surface area contributed by atoms with Crippen LogP contribution in [0.25, 0.3) is 0 Å². The van der Waals surface area contributed by atoms with Crippen LogP contribution in [0, 0.1) is 17.0 Å². The van der Waals surface area contributed by atoms with Crippen molar-refractivity contribution in [2.24, 2.45) is 0 Å². The summed E-state index contributed by atoms with van der Waals surface area (Å²) in [5.41, 5.74) is -0.0331. The summed E-state index contributed by atoms with van der Waals surface area (Å²) in [7, 11) is -3.15. The van der Waals surface area contributed by atoms with Crippen LogP contribution in [0.5, 0.6) is 0 Å². The first kappa shape index (κ1) is 20.8. The number of esters is 1. The number of nitro groups is 1. The number of amides is 1. The third kappa shape index (κ3) is 5.03. The monoisotopic (exact) mass is 398 g/mol. The number of sulfone groups is 1. The lowest BCUT2D eigenvalue weighted by molar-refractivity contribution is -0.385. The maximum Gasteiger partial charge on any atom is 0.339 e. The minimum Gasteiger partial charge on any atom is -0.452 e. The first-order valence-electron chi connectivity index (χ1n) is 8.57. The Balaban J connectivity index is 2.06. The molecule has 1 aromatic carbocycles. The van der Waals surface area contributed by atoms with Crippen molar-refractivity contribution >= 4 is 27.4 Å². The minimum atomic E-state index is -3.15. The molecule has 0 spiro atoms. The molecule has 1 aromatic rings. The van der Waals surface area contributed by atoms with Crippen LogP contribution in [0.4, 0.5) is 5.69 Å². The van der Waals surface area contributed by atoms with E-state index in [2.05, 4.69) is 0 Å². The number of carbonyl (C=O) groups excluding carboxylic acids is 2. The quantitative estimate of drug-likeness (QED) is 0.387. The van der Waals surface area contributed by atoms with Crippen molar-refractivity contribution < 1.29 is 27.7 Å². The number of nitrogens with zero attached hydrogens (tertiary/aromatic N) is 2. The van der Waals surface area contributed by atoms with Gasteiger partial charge in [0.1, 0.15) is 0 Å². The van der Waals surface area contributed by atoms with Crippen molar-refractivity contribution in [2.45, 2.75) is 32.7 Å². The van der Waals surface area contributed by atoms with Crippen LogP contribution >= 0.6 is 0 Å². The van der Waals surface area contributed by atoms with E-state index in [0.717, 1.165) is 0 Å². The maximum absolute atomic E-state index is 12.5. The van der Waals surface area contributed by atoms with E-state index in [1.165, 1.54) is 30.0 Å². The minimum absolute atomic E-state index is 0.0162. The Hall–Kier alpha value is -2.49. The van der Waals surface area contributed by atoms with Gasteiger partial charge in [-0.05, 0) is 25.8 Å². The molecule has 9 nitrogen and oxygen atoms in total. The lowest BCUT2D eigenvalue weighted by atomic mass is 10.1. The van der Waals surface area contributed by atoms with Gasteiger partial charge in [0.05, 0.1) is 22.0 Å². The number of nitro benzene ring substituents is 1. The van der Waals surface area contributed by atoms with E-state index in [0.29, 0.717) is 19.4 Å². The van der Waals surface area contributed by atoms with E-state index < -0.39 is 39.3 Å². The Labute approximate surface area is 157 Å². The van der Waals surface area contributed by atoms with Gasteiger partial charge in [-0.1, -0.05) is 13.0 Å². The molecule has 0 unspecified atom stereocenters. The highest BCUT2D eigenvalue weighted by Crippen LogP contribution is 2.22. The fourth-order valence-corrected chi connectivity index (χ4v) is 4.83. The molecule has 1 atom stereocenters. The average molecular weight is 398 g/mol. The molecular weight excluding hydrogens is 376 g/mol. The van der Waals surface area contributed by atoms with Gasteiger partial charge in [-0.3, -0.25) is 14.9 Å². The molecule has 0 N–H and O–H groups in total. The molecule has 0 saturated carbocycles. The summed E-state index contributed by atoms with van der Waals surface area (Å²) < 4.78 is 28.4. The van der Waals surface area contributed by atoms with E-state index in [4.69, 9.17) is 4.74 Å². The van der Waals surface area contributed by atoms with Gasteiger partial charge in [-0.2, -0.15) is 0 Å². The third-order valence-electron chi connectivity index (χ3n) is 4.48. The van der Waals surface area contributed by atoms with E-state index in [-0.39, 0.29) is 28.3 Å². The van der Waals surface area contributed by atoms with Crippen molar-refractivity contribution in [3.8, 4) is 0 Å². The van der Waals surface area contributed by atoms with Gasteiger partial charge in [-0.15, -0.1) is 0 Å². The lowest BCUT2D eigenvalue weighted by Gasteiger charge is -2.27. The molecule has 1 aliphatic rings. The summed E-state index contributed by atoms with van der Waals surface area (Å²) in [6, 6.07) is 3.63. The summed E-state index contributed by atoms with van der Waals surface area (Å²) in [5.74, 6) is -1.36. The maximum atomic E-state index is 12.5. The first-order valence-corrected chi connectivity index (χ1v) is 10.4. The highest BCUT2D eigenvalue weighted by molar-refractivity contribution is 7.91. The summed E-state index contributed by atoms with van der Waals surface area (Å²) >= 11 is 0. The van der Waals surface area contributed by atoms with E-state index >= 15 is 0 Å². The highest BCUT2D eigenvalue weighted by atomic mass is 32.2. The van der Waals surface area contributed by atoms with Gasteiger partial charge in [0.2, 0.25) is 0 Å². The predicted octanol–water partition coefficient (Wildman–Crippen LogP) is 1.49. The molecule has 0 radical (unpaired) electrons. The Kier molecular flexibility index (Phi) is 6.53. The fraction of sp³-hybridized carbons (Fsp3) is 0.529. The largest absolute Gasteiger partial charge is 0.452 e. The molecule has 1 heterocycles. The van der Waals surface area contributed by atoms with E-state index in [9.17, 15) is 28.1 Å². The van der Waals surface area contributed by atoms with Crippen LogP contribution in [-0.4, -0.2) is 60.8 Å². The zero-order chi connectivity index (χ0) is 20.2. The first-order chi connectivity index (χ1) is 12.7. The van der Waals surface area contributed by atoms with Gasteiger partial charge in [0.15, 0.2) is 16.4 Å². The molecule has 2 rings (SSSR count). The zero-order valence-electron chi connectivity index (χ0n) is 15.2. The zero-order valence-corrected chi connectivity index (χ0v) is 16.0. The van der Waals surface area contributed by atoms with E-state index in [1.807, 2.05) is 6.92 Å². The Morgan fingerprint density at radius 1 is 1.37 bits per heavy atom. The average Bonchev–Trinajstić information content (AvgIpc) is 2.96. The number of carbonyl (C=O) groups is 2. The van der Waals surface area contributed by atoms with Gasteiger partial charge in [0, 0.05) is 24.2 Å². The SMILES string of the molecule is CCCN(C(=O)COC(=O)c1cccc([N+](=O)[O-])c1C)[C@H]1CCS(=O)(=O)C1. The second-order valence-corrected chi connectivity index (χ2v) is 8.66. The summed E-state index contributed by atoms with van der Waals surface area (Å²) in [6.07, 6.45) is 1.01. The van der Waals surface area contributed by atoms with Gasteiger partial charge < -0.3 is 9.64 Å². The highest BCUT2D eigenvalue weighted by Gasteiger charge is 2.34. The van der Waals surface area contributed by atoms with Crippen molar-refractivity contribution in [1.29, 1.82) is 0 Å². The Morgan fingerprint density at radius 3 is 2.63 bits per heavy atom. The molecule has 1 amide bonds. The normalized spacial score (nSPS) is 18.1. The van der Waals surface area contributed by atoms with Crippen LogP contribution in [0.15, 0.2) is 18.2 Å². The van der Waals surface area contributed by atoms with Crippen LogP contribution in [0.1, 0.15) is 35.7 Å². The van der Waals surface area contributed by atoms with Crippen LogP contribution < -0.4 is 0 Å². The molecule has 27 heavy (non-hydrogen) atoms. The summed E-state index contributed by atoms with van der Waals surface area (Å²) in [4.78, 5) is 36.5.